The van der Waals surface area contributed by atoms with Gasteiger partial charge in [0.25, 0.3) is 0 Å². The zero-order valence-corrected chi connectivity index (χ0v) is 10.9. The first-order valence-corrected chi connectivity index (χ1v) is 6.34. The third-order valence-electron chi connectivity index (χ3n) is 3.81. The maximum absolute atomic E-state index is 4.43. The van der Waals surface area contributed by atoms with E-state index in [1.54, 1.807) is 0 Å². The second kappa shape index (κ2) is 4.48. The lowest BCUT2D eigenvalue weighted by Crippen LogP contribution is -2.23. The fourth-order valence-corrected chi connectivity index (χ4v) is 2.52. The van der Waals surface area contributed by atoms with Crippen LogP contribution in [0.5, 0.6) is 0 Å². The van der Waals surface area contributed by atoms with Crippen LogP contribution in [-0.4, -0.2) is 15.8 Å². The molecule has 1 N–H and O–H groups in total. The van der Waals surface area contributed by atoms with Crippen LogP contribution >= 0.6 is 0 Å². The van der Waals surface area contributed by atoms with Crippen LogP contribution < -0.4 is 5.32 Å². The van der Waals surface area contributed by atoms with Crippen molar-refractivity contribution in [1.29, 1.82) is 0 Å². The van der Waals surface area contributed by atoms with Crippen molar-refractivity contribution >= 4 is 5.69 Å². The summed E-state index contributed by atoms with van der Waals surface area (Å²) in [5.74, 6) is 0.958. The van der Waals surface area contributed by atoms with Crippen molar-refractivity contribution in [2.45, 2.75) is 52.5 Å². The Bertz CT molecular complexity index is 363. The Morgan fingerprint density at radius 3 is 2.56 bits per heavy atom. The van der Waals surface area contributed by atoms with Crippen LogP contribution in [0.3, 0.4) is 0 Å². The van der Waals surface area contributed by atoms with Gasteiger partial charge in [-0.25, -0.2) is 0 Å². The summed E-state index contributed by atoms with van der Waals surface area (Å²) >= 11 is 0. The minimum absolute atomic E-state index is 0.562. The topological polar surface area (TPSA) is 29.9 Å². The molecule has 90 valence electrons. The molecule has 1 saturated carbocycles. The van der Waals surface area contributed by atoms with Crippen LogP contribution in [0.25, 0.3) is 0 Å². The molecule has 0 aliphatic heterocycles. The van der Waals surface area contributed by atoms with Crippen LogP contribution in [0.1, 0.15) is 44.0 Å². The molecule has 1 aliphatic rings. The van der Waals surface area contributed by atoms with E-state index in [1.165, 1.54) is 37.1 Å². The van der Waals surface area contributed by atoms with Gasteiger partial charge in [-0.1, -0.05) is 19.3 Å². The Labute approximate surface area is 98.2 Å². The van der Waals surface area contributed by atoms with E-state index in [0.717, 1.165) is 11.6 Å². The highest BCUT2D eigenvalue weighted by molar-refractivity contribution is 5.52. The summed E-state index contributed by atoms with van der Waals surface area (Å²) in [6, 6.07) is 0.562. The summed E-state index contributed by atoms with van der Waals surface area (Å²) in [4.78, 5) is 0. The standard InChI is InChI=1S/C13H23N3/c1-9(8-12-6-5-7-12)14-13-10(2)15-16(4)11(13)3/h9,12,14H,5-8H2,1-4H3. The summed E-state index contributed by atoms with van der Waals surface area (Å²) in [5.41, 5.74) is 3.58. The van der Waals surface area contributed by atoms with Gasteiger partial charge in [-0.2, -0.15) is 5.10 Å². The number of rotatable bonds is 4. The monoisotopic (exact) mass is 221 g/mol. The molecule has 1 heterocycles. The Kier molecular flexibility index (Phi) is 3.22. The molecule has 16 heavy (non-hydrogen) atoms. The summed E-state index contributed by atoms with van der Waals surface area (Å²) in [6.07, 6.45) is 5.59. The van der Waals surface area contributed by atoms with Gasteiger partial charge in [-0.05, 0) is 33.1 Å². The number of nitrogens with one attached hydrogen (secondary N) is 1. The minimum atomic E-state index is 0.562. The molecule has 3 heteroatoms. The fourth-order valence-electron chi connectivity index (χ4n) is 2.52. The zero-order chi connectivity index (χ0) is 11.7. The van der Waals surface area contributed by atoms with Crippen LogP contribution in [0.2, 0.25) is 0 Å². The Morgan fingerprint density at radius 2 is 2.12 bits per heavy atom. The molecular formula is C13H23N3. The molecule has 1 aliphatic carbocycles. The molecular weight excluding hydrogens is 198 g/mol. The molecule has 1 aromatic heterocycles. The van der Waals surface area contributed by atoms with E-state index >= 15 is 0 Å². The quantitative estimate of drug-likeness (QED) is 0.847. The highest BCUT2D eigenvalue weighted by Crippen LogP contribution is 2.31. The Balaban J connectivity index is 1.96. The first-order chi connectivity index (χ1) is 7.58. The number of nitrogens with zero attached hydrogens (tertiary/aromatic N) is 2. The first kappa shape index (κ1) is 11.5. The van der Waals surface area contributed by atoms with Crippen LogP contribution in [0, 0.1) is 19.8 Å². The highest BCUT2D eigenvalue weighted by Gasteiger charge is 2.21. The highest BCUT2D eigenvalue weighted by atomic mass is 15.3. The first-order valence-electron chi connectivity index (χ1n) is 6.34. The van der Waals surface area contributed by atoms with E-state index in [-0.39, 0.29) is 0 Å². The van der Waals surface area contributed by atoms with Gasteiger partial charge < -0.3 is 5.32 Å². The molecule has 0 aromatic carbocycles. The second-order valence-electron chi connectivity index (χ2n) is 5.25. The van der Waals surface area contributed by atoms with Crippen molar-refractivity contribution in [2.24, 2.45) is 13.0 Å². The normalized spacial score (nSPS) is 18.2. The van der Waals surface area contributed by atoms with Crippen LogP contribution in [0.15, 0.2) is 0 Å². The molecule has 1 atom stereocenters. The van der Waals surface area contributed by atoms with E-state index in [9.17, 15) is 0 Å². The van der Waals surface area contributed by atoms with E-state index in [2.05, 4.69) is 31.2 Å². The van der Waals surface area contributed by atoms with E-state index in [0.29, 0.717) is 6.04 Å². The summed E-state index contributed by atoms with van der Waals surface area (Å²) in [6.45, 7) is 6.48. The maximum Gasteiger partial charge on any atom is 0.0827 e. The van der Waals surface area contributed by atoms with E-state index < -0.39 is 0 Å². The molecule has 1 unspecified atom stereocenters. The molecule has 0 spiro atoms. The minimum Gasteiger partial charge on any atom is -0.380 e. The van der Waals surface area contributed by atoms with E-state index in [1.807, 2.05) is 11.7 Å². The molecule has 2 rings (SSSR count). The van der Waals surface area contributed by atoms with E-state index in [4.69, 9.17) is 0 Å². The number of aromatic nitrogens is 2. The third-order valence-corrected chi connectivity index (χ3v) is 3.81. The number of anilines is 1. The van der Waals surface area contributed by atoms with Gasteiger partial charge in [0.15, 0.2) is 0 Å². The SMILES string of the molecule is Cc1nn(C)c(C)c1NC(C)CC1CCC1. The van der Waals surface area contributed by atoms with Crippen molar-refractivity contribution in [2.75, 3.05) is 5.32 Å². The van der Waals surface area contributed by atoms with Crippen molar-refractivity contribution in [3.05, 3.63) is 11.4 Å². The molecule has 1 fully saturated rings. The van der Waals surface area contributed by atoms with Crippen molar-refractivity contribution in [1.82, 2.24) is 9.78 Å². The smallest absolute Gasteiger partial charge is 0.0827 e. The molecule has 0 saturated heterocycles. The molecule has 0 radical (unpaired) electrons. The van der Waals surface area contributed by atoms with Crippen LogP contribution in [-0.2, 0) is 7.05 Å². The van der Waals surface area contributed by atoms with Gasteiger partial charge in [0.1, 0.15) is 0 Å². The molecule has 0 bridgehead atoms. The molecule has 0 amide bonds. The predicted molar refractivity (Wildman–Crippen MR) is 67.7 cm³/mol. The third kappa shape index (κ3) is 2.23. The summed E-state index contributed by atoms with van der Waals surface area (Å²) in [7, 11) is 2.00. The van der Waals surface area contributed by atoms with Crippen molar-refractivity contribution in [3.63, 3.8) is 0 Å². The zero-order valence-electron chi connectivity index (χ0n) is 10.9. The van der Waals surface area contributed by atoms with Crippen molar-refractivity contribution < 1.29 is 0 Å². The van der Waals surface area contributed by atoms with Crippen LogP contribution in [0.4, 0.5) is 5.69 Å². The lowest BCUT2D eigenvalue weighted by molar-refractivity contribution is 0.286. The number of hydrogen-bond acceptors (Lipinski definition) is 2. The summed E-state index contributed by atoms with van der Waals surface area (Å²) < 4.78 is 1.95. The van der Waals surface area contributed by atoms with Gasteiger partial charge in [0, 0.05) is 13.1 Å². The van der Waals surface area contributed by atoms with Crippen molar-refractivity contribution in [3.8, 4) is 0 Å². The van der Waals surface area contributed by atoms with Gasteiger partial charge in [-0.3, -0.25) is 4.68 Å². The van der Waals surface area contributed by atoms with Gasteiger partial charge in [0.05, 0.1) is 17.1 Å². The molecule has 3 nitrogen and oxygen atoms in total. The Morgan fingerprint density at radius 1 is 1.44 bits per heavy atom. The molecule has 1 aromatic rings. The summed E-state index contributed by atoms with van der Waals surface area (Å²) in [5, 5.41) is 8.05. The predicted octanol–water partition coefficient (Wildman–Crippen LogP) is 3.03. The number of hydrogen-bond donors (Lipinski definition) is 1. The largest absolute Gasteiger partial charge is 0.380 e. The average molecular weight is 221 g/mol. The fraction of sp³-hybridized carbons (Fsp3) is 0.769. The average Bonchev–Trinajstić information content (AvgIpc) is 2.39. The van der Waals surface area contributed by atoms with Gasteiger partial charge >= 0.3 is 0 Å². The number of aryl methyl sites for hydroxylation is 2. The second-order valence-corrected chi connectivity index (χ2v) is 5.25. The Hall–Kier alpha value is -0.990. The van der Waals surface area contributed by atoms with Gasteiger partial charge in [0.2, 0.25) is 0 Å². The lowest BCUT2D eigenvalue weighted by Gasteiger charge is -2.29. The lowest BCUT2D eigenvalue weighted by atomic mass is 9.81. The van der Waals surface area contributed by atoms with Gasteiger partial charge in [-0.15, -0.1) is 0 Å². The maximum atomic E-state index is 4.43.